The fourth-order valence-electron chi connectivity index (χ4n) is 3.66. The molecular formula is C24H16N4O3. The first-order valence-corrected chi connectivity index (χ1v) is 9.59. The molecule has 2 aromatic carbocycles. The number of fused-ring (bicyclic) bond motifs is 2. The summed E-state index contributed by atoms with van der Waals surface area (Å²) in [6.45, 7) is 0.369. The number of carbonyl (C=O) groups is 1. The van der Waals surface area contributed by atoms with Gasteiger partial charge in [0.05, 0.1) is 23.2 Å². The van der Waals surface area contributed by atoms with Gasteiger partial charge in [-0.05, 0) is 36.4 Å². The Morgan fingerprint density at radius 1 is 1.16 bits per heavy atom. The molecule has 7 nitrogen and oxygen atoms in total. The van der Waals surface area contributed by atoms with E-state index < -0.39 is 5.97 Å². The Kier molecular flexibility index (Phi) is 4.38. The van der Waals surface area contributed by atoms with E-state index in [0.29, 0.717) is 23.7 Å². The van der Waals surface area contributed by atoms with E-state index in [1.165, 1.54) is 6.07 Å². The van der Waals surface area contributed by atoms with Crippen LogP contribution in [0.15, 0.2) is 71.3 Å². The van der Waals surface area contributed by atoms with Gasteiger partial charge in [-0.1, -0.05) is 30.3 Å². The van der Waals surface area contributed by atoms with E-state index in [2.05, 4.69) is 16.0 Å². The van der Waals surface area contributed by atoms with Crippen LogP contribution in [0, 0.1) is 11.3 Å². The number of aromatic nitrogens is 3. The molecule has 5 rings (SSSR count). The maximum Gasteiger partial charge on any atom is 0.371 e. The third-order valence-electron chi connectivity index (χ3n) is 5.08. The molecular weight excluding hydrogens is 392 g/mol. The van der Waals surface area contributed by atoms with E-state index in [1.54, 1.807) is 12.1 Å². The van der Waals surface area contributed by atoms with E-state index in [9.17, 15) is 10.1 Å². The first-order valence-electron chi connectivity index (χ1n) is 9.59. The molecule has 0 saturated heterocycles. The van der Waals surface area contributed by atoms with Gasteiger partial charge in [-0.15, -0.1) is 0 Å². The molecule has 150 valence electrons. The number of rotatable bonds is 5. The second-order valence-corrected chi connectivity index (χ2v) is 7.07. The number of imidazole rings is 1. The highest BCUT2D eigenvalue weighted by Crippen LogP contribution is 2.27. The van der Waals surface area contributed by atoms with Crippen LogP contribution in [0.25, 0.3) is 33.6 Å². The molecule has 0 fully saturated rings. The summed E-state index contributed by atoms with van der Waals surface area (Å²) in [6, 6.07) is 20.8. The molecule has 0 aliphatic rings. The van der Waals surface area contributed by atoms with Crippen LogP contribution in [-0.2, 0) is 6.54 Å². The van der Waals surface area contributed by atoms with Gasteiger partial charge in [-0.25, -0.2) is 9.78 Å². The predicted molar refractivity (Wildman–Crippen MR) is 116 cm³/mol. The van der Waals surface area contributed by atoms with Crippen LogP contribution in [0.2, 0.25) is 0 Å². The van der Waals surface area contributed by atoms with Crippen LogP contribution in [0.3, 0.4) is 0 Å². The Hall–Kier alpha value is -4.57. The molecule has 0 aliphatic heterocycles. The molecule has 3 heterocycles. The minimum atomic E-state index is -1.10. The number of nitriles is 1. The number of para-hydroxylation sites is 3. The Morgan fingerprint density at radius 3 is 2.74 bits per heavy atom. The van der Waals surface area contributed by atoms with Crippen molar-refractivity contribution in [2.24, 2.45) is 0 Å². The quantitative estimate of drug-likeness (QED) is 0.401. The topological polar surface area (TPSA) is 108 Å². The van der Waals surface area contributed by atoms with Crippen LogP contribution in [0.5, 0.6) is 0 Å². The van der Waals surface area contributed by atoms with Gasteiger partial charge in [0.25, 0.3) is 0 Å². The highest BCUT2D eigenvalue weighted by atomic mass is 16.4. The molecule has 31 heavy (non-hydrogen) atoms. The fourth-order valence-corrected chi connectivity index (χ4v) is 3.66. The smallest absolute Gasteiger partial charge is 0.371 e. The number of aromatic carboxylic acids is 1. The molecule has 0 atom stereocenters. The average molecular weight is 408 g/mol. The van der Waals surface area contributed by atoms with Gasteiger partial charge in [0.2, 0.25) is 5.76 Å². The summed E-state index contributed by atoms with van der Waals surface area (Å²) >= 11 is 0. The molecule has 0 bridgehead atoms. The molecule has 0 amide bonds. The normalized spacial score (nSPS) is 11.8. The van der Waals surface area contributed by atoms with Crippen molar-refractivity contribution in [1.29, 1.82) is 5.26 Å². The highest BCUT2D eigenvalue weighted by Gasteiger charge is 2.14. The summed E-state index contributed by atoms with van der Waals surface area (Å²) in [5.74, 6) is -0.149. The maximum absolute atomic E-state index is 11.1. The van der Waals surface area contributed by atoms with Crippen LogP contribution < -0.4 is 0 Å². The lowest BCUT2D eigenvalue weighted by molar-refractivity contribution is 0.0660. The summed E-state index contributed by atoms with van der Waals surface area (Å²) in [5, 5.41) is 19.8. The average Bonchev–Trinajstić information content (AvgIpc) is 3.50. The third-order valence-corrected chi connectivity index (χ3v) is 5.08. The van der Waals surface area contributed by atoms with E-state index >= 15 is 0 Å². The minimum Gasteiger partial charge on any atom is -0.475 e. The van der Waals surface area contributed by atoms with Gasteiger partial charge >= 0.3 is 5.97 Å². The predicted octanol–water partition coefficient (Wildman–Crippen LogP) is 4.92. The summed E-state index contributed by atoms with van der Waals surface area (Å²) in [7, 11) is 0. The van der Waals surface area contributed by atoms with Gasteiger partial charge in [0, 0.05) is 22.7 Å². The highest BCUT2D eigenvalue weighted by molar-refractivity contribution is 5.98. The van der Waals surface area contributed by atoms with Crippen molar-refractivity contribution in [2.75, 3.05) is 0 Å². The van der Waals surface area contributed by atoms with Crippen molar-refractivity contribution in [3.63, 3.8) is 0 Å². The summed E-state index contributed by atoms with van der Waals surface area (Å²) in [6.07, 6.45) is 3.73. The molecule has 0 saturated carbocycles. The fraction of sp³-hybridized carbons (Fsp3) is 0.0417. The number of allylic oxidation sites excluding steroid dienone is 1. The number of aromatic amines is 1. The molecule has 0 spiro atoms. The van der Waals surface area contributed by atoms with Gasteiger partial charge in [0.15, 0.2) is 0 Å². The summed E-state index contributed by atoms with van der Waals surface area (Å²) < 4.78 is 7.38. The number of furan rings is 1. The van der Waals surface area contributed by atoms with E-state index in [-0.39, 0.29) is 5.76 Å². The van der Waals surface area contributed by atoms with Crippen molar-refractivity contribution in [1.82, 2.24) is 14.5 Å². The Bertz CT molecular complexity index is 1480. The zero-order valence-corrected chi connectivity index (χ0v) is 16.2. The Morgan fingerprint density at radius 2 is 1.97 bits per heavy atom. The molecule has 5 aromatic rings. The van der Waals surface area contributed by atoms with Gasteiger partial charge in [-0.2, -0.15) is 5.26 Å². The van der Waals surface area contributed by atoms with Crippen LogP contribution in [-0.4, -0.2) is 25.6 Å². The van der Waals surface area contributed by atoms with E-state index in [0.717, 1.165) is 27.5 Å². The van der Waals surface area contributed by atoms with E-state index in [4.69, 9.17) is 9.52 Å². The molecule has 3 aromatic heterocycles. The zero-order valence-electron chi connectivity index (χ0n) is 16.2. The molecule has 0 unspecified atom stereocenters. The van der Waals surface area contributed by atoms with Gasteiger partial charge < -0.3 is 19.1 Å². The SMILES string of the molecule is N#C/C(=C\c1cn(Cc2ccc(C(=O)O)o2)c2ccccc12)c1nc2ccccc2[nH]1. The molecule has 0 aliphatic carbocycles. The first-order chi connectivity index (χ1) is 15.1. The number of nitrogens with one attached hydrogen (secondary N) is 1. The number of nitrogens with zero attached hydrogens (tertiary/aromatic N) is 3. The minimum absolute atomic E-state index is 0.0942. The number of hydrogen-bond acceptors (Lipinski definition) is 4. The molecule has 0 radical (unpaired) electrons. The van der Waals surface area contributed by atoms with Crippen molar-refractivity contribution in [3.8, 4) is 6.07 Å². The lowest BCUT2D eigenvalue weighted by Gasteiger charge is -2.02. The zero-order chi connectivity index (χ0) is 21.4. The van der Waals surface area contributed by atoms with Gasteiger partial charge in [0.1, 0.15) is 17.7 Å². The largest absolute Gasteiger partial charge is 0.475 e. The number of benzene rings is 2. The number of carboxylic acids is 1. The molecule has 2 N–H and O–H groups in total. The second kappa shape index (κ2) is 7.35. The lowest BCUT2D eigenvalue weighted by atomic mass is 10.1. The van der Waals surface area contributed by atoms with Crippen LogP contribution in [0.1, 0.15) is 27.7 Å². The lowest BCUT2D eigenvalue weighted by Crippen LogP contribution is -1.97. The first kappa shape index (κ1) is 18.5. The molecule has 7 heteroatoms. The monoisotopic (exact) mass is 408 g/mol. The maximum atomic E-state index is 11.1. The number of H-pyrrole nitrogens is 1. The van der Waals surface area contributed by atoms with Crippen molar-refractivity contribution < 1.29 is 14.3 Å². The Balaban J connectivity index is 1.57. The van der Waals surface area contributed by atoms with Gasteiger partial charge in [-0.3, -0.25) is 0 Å². The van der Waals surface area contributed by atoms with Crippen molar-refractivity contribution in [2.45, 2.75) is 6.54 Å². The van der Waals surface area contributed by atoms with Crippen molar-refractivity contribution in [3.05, 3.63) is 89.8 Å². The number of hydrogen-bond donors (Lipinski definition) is 2. The standard InChI is InChI=1S/C24H16N4O3/c25-12-15(23-26-19-6-2-3-7-20(19)27-23)11-16-13-28(21-8-4-1-5-18(16)21)14-17-9-10-22(31-17)24(29)30/h1-11,13H,14H2,(H,26,27)(H,29,30)/b15-11+. The van der Waals surface area contributed by atoms with Crippen molar-refractivity contribution >= 4 is 39.6 Å². The summed E-state index contributed by atoms with van der Waals surface area (Å²) in [5.41, 5.74) is 3.90. The van der Waals surface area contributed by atoms with Crippen LogP contribution in [0.4, 0.5) is 0 Å². The second-order valence-electron chi connectivity index (χ2n) is 7.07. The Labute approximate surface area is 176 Å². The summed E-state index contributed by atoms with van der Waals surface area (Å²) in [4.78, 5) is 18.8. The van der Waals surface area contributed by atoms with Crippen LogP contribution >= 0.6 is 0 Å². The number of carboxylic acid groups (broad SMARTS) is 1. The third kappa shape index (κ3) is 3.36. The van der Waals surface area contributed by atoms with E-state index in [1.807, 2.05) is 59.3 Å².